The second-order valence-corrected chi connectivity index (χ2v) is 18.1. The van der Waals surface area contributed by atoms with Crippen molar-refractivity contribution >= 4 is 60.7 Å². The lowest BCUT2D eigenvalue weighted by atomic mass is 9.78. The first-order valence-electron chi connectivity index (χ1n) is 24.0. The highest BCUT2D eigenvalue weighted by Gasteiger charge is 2.24. The monoisotopic (exact) mass is 881 g/mol. The van der Waals surface area contributed by atoms with E-state index in [2.05, 4.69) is 253 Å². The number of hydrogen-bond acceptors (Lipinski definition) is 2. The fraction of sp³-hybridized carbons (Fsp3) is 0.125. The third kappa shape index (κ3) is 7.82. The molecule has 0 aliphatic rings. The summed E-state index contributed by atoms with van der Waals surface area (Å²) in [6, 6.07) is 79.8. The fourth-order valence-corrected chi connectivity index (χ4v) is 10.8. The molecule has 0 saturated heterocycles. The molecule has 0 aliphatic carbocycles. The highest BCUT2D eigenvalue weighted by atomic mass is 16.5. The number of ether oxygens (including phenoxy) is 1. The molecule has 9 aromatic carbocycles. The predicted molar refractivity (Wildman–Crippen MR) is 287 cm³/mol. The minimum Gasteiger partial charge on any atom is -0.463 e. The van der Waals surface area contributed by atoms with Crippen LogP contribution >= 0.6 is 0 Å². The van der Waals surface area contributed by atoms with Crippen molar-refractivity contribution in [3.63, 3.8) is 0 Å². The number of nitrogens with zero attached hydrogens (tertiary/aromatic N) is 3. The average Bonchev–Trinajstić information content (AvgIpc) is 3.89. The van der Waals surface area contributed by atoms with E-state index < -0.39 is 0 Å². The van der Waals surface area contributed by atoms with Gasteiger partial charge in [0.05, 0.1) is 22.3 Å². The van der Waals surface area contributed by atoms with Crippen molar-refractivity contribution in [3.8, 4) is 22.6 Å². The van der Waals surface area contributed by atoms with Gasteiger partial charge in [-0.25, -0.2) is 0 Å². The summed E-state index contributed by atoms with van der Waals surface area (Å²) in [4.78, 5) is 2.31. The van der Waals surface area contributed by atoms with Crippen LogP contribution in [0.3, 0.4) is 0 Å². The molecule has 68 heavy (non-hydrogen) atoms. The molecule has 2 atom stereocenters. The molecule has 0 bridgehead atoms. The summed E-state index contributed by atoms with van der Waals surface area (Å²) in [6.45, 7) is 11.2. The van der Waals surface area contributed by atoms with Gasteiger partial charge in [0.25, 0.3) is 0 Å². The lowest BCUT2D eigenvalue weighted by molar-refractivity contribution is 0.429. The number of anilines is 3. The zero-order valence-electron chi connectivity index (χ0n) is 39.0. The van der Waals surface area contributed by atoms with Gasteiger partial charge in [-0.2, -0.15) is 0 Å². The Morgan fingerprint density at radius 1 is 0.500 bits per heavy atom. The van der Waals surface area contributed by atoms with E-state index in [1.165, 1.54) is 71.4 Å². The Morgan fingerprint density at radius 3 is 1.66 bits per heavy atom. The van der Waals surface area contributed by atoms with E-state index in [1.807, 2.05) is 6.92 Å². The van der Waals surface area contributed by atoms with Crippen LogP contribution in [0.15, 0.2) is 231 Å². The summed E-state index contributed by atoms with van der Waals surface area (Å²) in [5.74, 6) is 2.32. The van der Waals surface area contributed by atoms with Crippen LogP contribution in [0.2, 0.25) is 0 Å². The Labute approximate surface area is 399 Å². The summed E-state index contributed by atoms with van der Waals surface area (Å²) in [7, 11) is 0. The van der Waals surface area contributed by atoms with Gasteiger partial charge in [-0.1, -0.05) is 154 Å². The molecule has 11 aromatic rings. The second-order valence-electron chi connectivity index (χ2n) is 18.1. The molecular formula is C64H55N3O. The Morgan fingerprint density at radius 2 is 1.04 bits per heavy atom. The zero-order chi connectivity index (χ0) is 46.1. The van der Waals surface area contributed by atoms with Gasteiger partial charge in [-0.05, 0) is 144 Å². The van der Waals surface area contributed by atoms with Gasteiger partial charge in [-0.15, -0.1) is 0 Å². The van der Waals surface area contributed by atoms with Crippen LogP contribution in [-0.4, -0.2) is 9.13 Å². The molecule has 2 aromatic heterocycles. The molecule has 0 aliphatic heterocycles. The maximum Gasteiger partial charge on any atom is 0.126 e. The molecule has 0 spiro atoms. The Hall–Kier alpha value is -8.08. The lowest BCUT2D eigenvalue weighted by Crippen LogP contribution is -2.10. The Kier molecular flexibility index (Phi) is 11.5. The van der Waals surface area contributed by atoms with Crippen molar-refractivity contribution in [2.75, 3.05) is 4.90 Å². The molecule has 4 nitrogen and oxygen atoms in total. The van der Waals surface area contributed by atoms with E-state index in [4.69, 9.17) is 4.74 Å². The van der Waals surface area contributed by atoms with E-state index in [0.717, 1.165) is 47.9 Å². The Bertz CT molecular complexity index is 3490. The number of fused-ring (bicyclic) bond motifs is 7. The van der Waals surface area contributed by atoms with Gasteiger partial charge in [0.15, 0.2) is 0 Å². The van der Waals surface area contributed by atoms with E-state index in [0.29, 0.717) is 17.6 Å². The van der Waals surface area contributed by atoms with Crippen molar-refractivity contribution < 1.29 is 4.74 Å². The predicted octanol–water partition coefficient (Wildman–Crippen LogP) is 17.7. The van der Waals surface area contributed by atoms with Crippen LogP contribution in [0, 0.1) is 0 Å². The molecule has 0 radical (unpaired) electrons. The molecule has 332 valence electrons. The molecule has 0 N–H and O–H groups in total. The first kappa shape index (κ1) is 42.5. The van der Waals surface area contributed by atoms with Crippen molar-refractivity contribution in [3.05, 3.63) is 247 Å². The van der Waals surface area contributed by atoms with Crippen LogP contribution < -0.4 is 9.64 Å². The highest BCUT2D eigenvalue weighted by Crippen LogP contribution is 2.44. The largest absolute Gasteiger partial charge is 0.463 e. The number of aromatic nitrogens is 2. The van der Waals surface area contributed by atoms with Gasteiger partial charge in [0.1, 0.15) is 5.75 Å². The topological polar surface area (TPSA) is 22.3 Å². The minimum atomic E-state index is 0.395. The van der Waals surface area contributed by atoms with E-state index >= 15 is 0 Å². The van der Waals surface area contributed by atoms with Gasteiger partial charge in [-0.3, -0.25) is 0 Å². The van der Waals surface area contributed by atoms with Crippen LogP contribution in [0.5, 0.6) is 5.75 Å². The second kappa shape index (κ2) is 18.3. The number of para-hydroxylation sites is 4. The number of hydrogen-bond donors (Lipinski definition) is 0. The molecule has 11 rings (SSSR count). The zero-order valence-corrected chi connectivity index (χ0v) is 39.0. The van der Waals surface area contributed by atoms with Crippen LogP contribution in [0.1, 0.15) is 62.1 Å². The quantitative estimate of drug-likeness (QED) is 0.102. The summed E-state index contributed by atoms with van der Waals surface area (Å²) >= 11 is 0. The molecule has 4 heteroatoms. The van der Waals surface area contributed by atoms with Crippen molar-refractivity contribution in [1.29, 1.82) is 0 Å². The smallest absolute Gasteiger partial charge is 0.126 e. The van der Waals surface area contributed by atoms with Gasteiger partial charge in [0.2, 0.25) is 0 Å². The molecule has 0 amide bonds. The Balaban J connectivity index is 1.02. The highest BCUT2D eigenvalue weighted by molar-refractivity contribution is 6.26. The van der Waals surface area contributed by atoms with Gasteiger partial charge < -0.3 is 18.8 Å². The standard InChI is InChI=1S/C64H55N3O/c1-5-55(56(6-2)48-32-37-54(38-33-48)68-44(3)4)47-28-26-45(27-29-47)43-65-60-40-34-49(46-30-35-53(36-31-46)66(50-18-10-7-11-19-50)51-20-12-8-13-21-51)42-59(60)57-39-41-62-63(64(57)65)58-24-16-17-25-61(58)67(62)52-22-14-9-15-23-52/h7-42,55-56H,3,5-6,43H2,1-2,4H3. The molecule has 2 heterocycles. The molecule has 2 unspecified atom stereocenters. The van der Waals surface area contributed by atoms with Crippen molar-refractivity contribution in [2.45, 2.75) is 52.0 Å². The van der Waals surface area contributed by atoms with Crippen molar-refractivity contribution in [1.82, 2.24) is 9.13 Å². The first-order chi connectivity index (χ1) is 33.5. The SMILES string of the molecule is C=C(C)Oc1ccc(C(CC)C(CC)c2ccc(Cn3c4ccc(-c5ccc(N(c6ccccc6)c6ccccc6)cc5)cc4c4ccc5c(c6ccccc6n5-c5ccccc5)c43)cc2)cc1. The summed E-state index contributed by atoms with van der Waals surface area (Å²) in [5, 5.41) is 5.04. The maximum absolute atomic E-state index is 5.79. The number of allylic oxidation sites excluding steroid dienone is 1. The van der Waals surface area contributed by atoms with Gasteiger partial charge >= 0.3 is 0 Å². The molecule has 0 saturated carbocycles. The molecule has 0 fully saturated rings. The van der Waals surface area contributed by atoms with E-state index in [-0.39, 0.29) is 0 Å². The number of rotatable bonds is 14. The third-order valence-corrected chi connectivity index (χ3v) is 13.9. The third-order valence-electron chi connectivity index (χ3n) is 13.9. The average molecular weight is 882 g/mol. The van der Waals surface area contributed by atoms with Crippen LogP contribution in [0.25, 0.3) is 60.4 Å². The van der Waals surface area contributed by atoms with Crippen molar-refractivity contribution in [2.24, 2.45) is 0 Å². The number of benzene rings is 9. The van der Waals surface area contributed by atoms with Crippen LogP contribution in [0.4, 0.5) is 17.1 Å². The van der Waals surface area contributed by atoms with E-state index in [9.17, 15) is 0 Å². The fourth-order valence-electron chi connectivity index (χ4n) is 10.8. The summed E-state index contributed by atoms with van der Waals surface area (Å²) in [5.41, 5.74) is 15.8. The molecular weight excluding hydrogens is 827 g/mol. The lowest BCUT2D eigenvalue weighted by Gasteiger charge is -2.27. The van der Waals surface area contributed by atoms with Gasteiger partial charge in [0, 0.05) is 56.4 Å². The minimum absolute atomic E-state index is 0.395. The summed E-state index contributed by atoms with van der Waals surface area (Å²) < 4.78 is 10.8. The maximum atomic E-state index is 5.79. The first-order valence-corrected chi connectivity index (χ1v) is 24.0. The van der Waals surface area contributed by atoms with E-state index in [1.54, 1.807) is 0 Å². The summed E-state index contributed by atoms with van der Waals surface area (Å²) in [6.07, 6.45) is 2.11. The van der Waals surface area contributed by atoms with Crippen LogP contribution in [-0.2, 0) is 6.54 Å². The normalized spacial score (nSPS) is 12.5.